The molecule has 0 amide bonds. The Morgan fingerprint density at radius 2 is 2.05 bits per heavy atom. The van der Waals surface area contributed by atoms with E-state index in [-0.39, 0.29) is 5.69 Å². The van der Waals surface area contributed by atoms with Crippen molar-refractivity contribution in [3.63, 3.8) is 0 Å². The van der Waals surface area contributed by atoms with E-state index in [1.54, 1.807) is 6.07 Å². The van der Waals surface area contributed by atoms with Crippen molar-refractivity contribution in [1.82, 2.24) is 9.97 Å². The zero-order valence-electron chi connectivity index (χ0n) is 10.6. The van der Waals surface area contributed by atoms with Gasteiger partial charge in [-0.05, 0) is 30.2 Å². The van der Waals surface area contributed by atoms with Gasteiger partial charge in [0.1, 0.15) is 11.2 Å². The molecular weight excluding hydrogens is 255 g/mol. The van der Waals surface area contributed by atoms with Crippen molar-refractivity contribution in [2.45, 2.75) is 12.8 Å². The molecule has 20 heavy (non-hydrogen) atoms. The highest BCUT2D eigenvalue weighted by Crippen LogP contribution is 2.15. The topological polar surface area (TPSA) is 38.9 Å². The molecule has 0 saturated carbocycles. The highest BCUT2D eigenvalue weighted by atomic mass is 19.1. The first-order chi connectivity index (χ1) is 9.83. The number of benzene rings is 1. The maximum Gasteiger partial charge on any atom is 0.196 e. The molecule has 0 N–H and O–H groups in total. The van der Waals surface area contributed by atoms with Gasteiger partial charge in [-0.1, -0.05) is 18.1 Å². The van der Waals surface area contributed by atoms with Crippen molar-refractivity contribution >= 4 is 11.1 Å². The van der Waals surface area contributed by atoms with Crippen LogP contribution in [0.25, 0.3) is 11.1 Å². The van der Waals surface area contributed by atoms with E-state index in [1.807, 2.05) is 24.3 Å². The van der Waals surface area contributed by atoms with Gasteiger partial charge in [0.25, 0.3) is 0 Å². The maximum atomic E-state index is 13.3. The van der Waals surface area contributed by atoms with Crippen molar-refractivity contribution in [2.24, 2.45) is 0 Å². The summed E-state index contributed by atoms with van der Waals surface area (Å²) < 4.78 is 18.9. The summed E-state index contributed by atoms with van der Waals surface area (Å²) in [7, 11) is 0. The molecule has 3 rings (SSSR count). The second-order valence-electron chi connectivity index (χ2n) is 4.21. The fourth-order valence-corrected chi connectivity index (χ4v) is 1.82. The second kappa shape index (κ2) is 5.54. The Hall–Kier alpha value is -2.67. The number of para-hydroxylation sites is 2. The number of aryl methyl sites for hydroxylation is 1. The largest absolute Gasteiger partial charge is 0.441 e. The summed E-state index contributed by atoms with van der Waals surface area (Å²) in [6.45, 7) is 0. The number of oxazole rings is 1. The van der Waals surface area contributed by atoms with Crippen LogP contribution in [0.15, 0.2) is 47.0 Å². The van der Waals surface area contributed by atoms with Crippen LogP contribution in [0.3, 0.4) is 0 Å². The molecule has 0 aliphatic carbocycles. The van der Waals surface area contributed by atoms with E-state index in [0.717, 1.165) is 11.1 Å². The number of fused-ring (bicyclic) bond motifs is 1. The van der Waals surface area contributed by atoms with Gasteiger partial charge >= 0.3 is 0 Å². The van der Waals surface area contributed by atoms with Crippen LogP contribution in [0.5, 0.6) is 0 Å². The Bertz CT molecular complexity index is 766. The summed E-state index contributed by atoms with van der Waals surface area (Å²) in [5.41, 5.74) is 1.78. The number of halogens is 1. The first kappa shape index (κ1) is 12.4. The van der Waals surface area contributed by atoms with Gasteiger partial charge in [-0.15, -0.1) is 0 Å². The van der Waals surface area contributed by atoms with Crippen LogP contribution in [-0.2, 0) is 6.42 Å². The van der Waals surface area contributed by atoms with Crippen LogP contribution in [-0.4, -0.2) is 9.97 Å². The molecule has 3 nitrogen and oxygen atoms in total. The minimum absolute atomic E-state index is 0.171. The third-order valence-electron chi connectivity index (χ3n) is 2.77. The lowest BCUT2D eigenvalue weighted by atomic mass is 10.3. The van der Waals surface area contributed by atoms with Gasteiger partial charge in [-0.25, -0.2) is 14.4 Å². The molecular formula is C16H11FN2O. The molecule has 0 radical (unpaired) electrons. The van der Waals surface area contributed by atoms with Crippen molar-refractivity contribution in [1.29, 1.82) is 0 Å². The van der Waals surface area contributed by atoms with E-state index < -0.39 is 5.82 Å². The van der Waals surface area contributed by atoms with Gasteiger partial charge in [-0.2, -0.15) is 0 Å². The lowest BCUT2D eigenvalue weighted by molar-refractivity contribution is 0.531. The molecule has 3 aromatic rings. The average molecular weight is 266 g/mol. The number of aromatic nitrogens is 2. The maximum absolute atomic E-state index is 13.3. The molecule has 0 saturated heterocycles. The van der Waals surface area contributed by atoms with E-state index >= 15 is 0 Å². The smallest absolute Gasteiger partial charge is 0.196 e. The van der Waals surface area contributed by atoms with Gasteiger partial charge in [0.15, 0.2) is 17.3 Å². The van der Waals surface area contributed by atoms with Crippen LogP contribution < -0.4 is 0 Å². The fraction of sp³-hybridized carbons (Fsp3) is 0.125. The van der Waals surface area contributed by atoms with Gasteiger partial charge in [-0.3, -0.25) is 0 Å². The molecule has 0 aliphatic heterocycles. The highest BCUT2D eigenvalue weighted by Gasteiger charge is 2.03. The Morgan fingerprint density at radius 3 is 2.90 bits per heavy atom. The normalized spacial score (nSPS) is 10.2. The lowest BCUT2D eigenvalue weighted by Crippen LogP contribution is -1.87. The van der Waals surface area contributed by atoms with E-state index in [0.29, 0.717) is 18.7 Å². The SMILES string of the molecule is Fc1cccnc1C#CCCc1nc2ccccc2o1. The first-order valence-electron chi connectivity index (χ1n) is 6.27. The number of nitrogens with zero attached hydrogens (tertiary/aromatic N) is 2. The quantitative estimate of drug-likeness (QED) is 0.668. The predicted molar refractivity (Wildman–Crippen MR) is 73.4 cm³/mol. The monoisotopic (exact) mass is 266 g/mol. The fourth-order valence-electron chi connectivity index (χ4n) is 1.82. The van der Waals surface area contributed by atoms with E-state index in [4.69, 9.17) is 4.42 Å². The Kier molecular flexibility index (Phi) is 3.42. The molecule has 0 unspecified atom stereocenters. The Morgan fingerprint density at radius 1 is 1.15 bits per heavy atom. The molecule has 0 bridgehead atoms. The molecule has 0 fully saturated rings. The average Bonchev–Trinajstić information content (AvgIpc) is 2.88. The van der Waals surface area contributed by atoms with E-state index in [2.05, 4.69) is 21.8 Å². The summed E-state index contributed by atoms with van der Waals surface area (Å²) in [4.78, 5) is 8.22. The van der Waals surface area contributed by atoms with Crippen molar-refractivity contribution < 1.29 is 8.81 Å². The van der Waals surface area contributed by atoms with Crippen LogP contribution in [0, 0.1) is 17.7 Å². The predicted octanol–water partition coefficient (Wildman–Crippen LogP) is 3.35. The number of pyridine rings is 1. The van der Waals surface area contributed by atoms with Gasteiger partial charge in [0.2, 0.25) is 0 Å². The van der Waals surface area contributed by atoms with Crippen LogP contribution >= 0.6 is 0 Å². The van der Waals surface area contributed by atoms with Crippen molar-refractivity contribution in [2.75, 3.05) is 0 Å². The zero-order valence-corrected chi connectivity index (χ0v) is 10.6. The third kappa shape index (κ3) is 2.67. The van der Waals surface area contributed by atoms with E-state index in [9.17, 15) is 4.39 Å². The molecule has 2 aromatic heterocycles. The Balaban J connectivity index is 1.67. The molecule has 2 heterocycles. The van der Waals surface area contributed by atoms with Gasteiger partial charge in [0, 0.05) is 19.0 Å². The molecule has 0 atom stereocenters. The van der Waals surface area contributed by atoms with Gasteiger partial charge < -0.3 is 4.42 Å². The standard InChI is InChI=1S/C16H11FN2O/c17-12-6-5-11-18-13(12)7-2-4-10-16-19-14-8-1-3-9-15(14)20-16/h1,3,5-6,8-9,11H,4,10H2. The number of hydrogen-bond donors (Lipinski definition) is 0. The minimum Gasteiger partial charge on any atom is -0.441 e. The van der Waals surface area contributed by atoms with Crippen LogP contribution in [0.2, 0.25) is 0 Å². The molecule has 0 aliphatic rings. The Labute approximate surface area is 115 Å². The van der Waals surface area contributed by atoms with Crippen LogP contribution in [0.4, 0.5) is 4.39 Å². The highest BCUT2D eigenvalue weighted by molar-refractivity contribution is 5.72. The van der Waals surface area contributed by atoms with Crippen molar-refractivity contribution in [3.8, 4) is 11.8 Å². The molecule has 0 spiro atoms. The summed E-state index contributed by atoms with van der Waals surface area (Å²) >= 11 is 0. The minimum atomic E-state index is -0.401. The van der Waals surface area contributed by atoms with Gasteiger partial charge in [0.05, 0.1) is 0 Å². The van der Waals surface area contributed by atoms with Crippen molar-refractivity contribution in [3.05, 3.63) is 60.0 Å². The molecule has 1 aromatic carbocycles. The third-order valence-corrected chi connectivity index (χ3v) is 2.77. The summed E-state index contributed by atoms with van der Waals surface area (Å²) in [5.74, 6) is 5.83. The molecule has 4 heteroatoms. The summed E-state index contributed by atoms with van der Waals surface area (Å²) in [6, 6.07) is 10.5. The van der Waals surface area contributed by atoms with E-state index in [1.165, 1.54) is 12.3 Å². The zero-order chi connectivity index (χ0) is 13.8. The number of rotatable bonds is 2. The first-order valence-corrected chi connectivity index (χ1v) is 6.27. The summed E-state index contributed by atoms with van der Waals surface area (Å²) in [6.07, 6.45) is 2.66. The second-order valence-corrected chi connectivity index (χ2v) is 4.21. The lowest BCUT2D eigenvalue weighted by Gasteiger charge is -1.90. The molecule has 98 valence electrons. The van der Waals surface area contributed by atoms with Crippen LogP contribution in [0.1, 0.15) is 18.0 Å². The summed E-state index contributed by atoms with van der Waals surface area (Å²) in [5, 5.41) is 0. The number of hydrogen-bond acceptors (Lipinski definition) is 3.